The van der Waals surface area contributed by atoms with E-state index in [0.717, 1.165) is 6.54 Å². The van der Waals surface area contributed by atoms with E-state index in [1.807, 2.05) is 0 Å². The zero-order chi connectivity index (χ0) is 8.55. The summed E-state index contributed by atoms with van der Waals surface area (Å²) in [4.78, 5) is 10.8. The Bertz CT molecular complexity index is 197. The lowest BCUT2D eigenvalue weighted by atomic mass is 9.94. The zero-order valence-electron chi connectivity index (χ0n) is 6.62. The van der Waals surface area contributed by atoms with Crippen LogP contribution in [0.5, 0.6) is 0 Å². The first kappa shape index (κ1) is 7.82. The van der Waals surface area contributed by atoms with Gasteiger partial charge in [-0.1, -0.05) is 0 Å². The van der Waals surface area contributed by atoms with Crippen LogP contribution in [0, 0.1) is 5.92 Å². The molecule has 0 aromatic carbocycles. The third-order valence-electron chi connectivity index (χ3n) is 2.41. The molecule has 2 aliphatic rings. The standard InChI is InChI=1S/C7H12N2O3/c10-3-4-1-8-2-5-6(4)12-7(11)9-5/h4-6,8,10H,1-3H2,(H,9,11)/t4-,5-,6+/m1/s1. The van der Waals surface area contributed by atoms with Crippen molar-refractivity contribution in [2.75, 3.05) is 19.7 Å². The van der Waals surface area contributed by atoms with Gasteiger partial charge in [0.25, 0.3) is 0 Å². The fraction of sp³-hybridized carbons (Fsp3) is 0.857. The highest BCUT2D eigenvalue weighted by atomic mass is 16.6. The smallest absolute Gasteiger partial charge is 0.407 e. The molecule has 2 heterocycles. The molecule has 0 spiro atoms. The largest absolute Gasteiger partial charge is 0.444 e. The molecule has 3 N–H and O–H groups in total. The van der Waals surface area contributed by atoms with Gasteiger partial charge >= 0.3 is 6.09 Å². The molecule has 0 radical (unpaired) electrons. The molecule has 0 unspecified atom stereocenters. The Labute approximate surface area is 70.1 Å². The lowest BCUT2D eigenvalue weighted by molar-refractivity contribution is 0.0468. The van der Waals surface area contributed by atoms with Crippen molar-refractivity contribution in [2.24, 2.45) is 5.92 Å². The van der Waals surface area contributed by atoms with Gasteiger partial charge in [-0.3, -0.25) is 0 Å². The highest BCUT2D eigenvalue weighted by Crippen LogP contribution is 2.19. The second kappa shape index (κ2) is 2.91. The summed E-state index contributed by atoms with van der Waals surface area (Å²) in [6.07, 6.45) is -0.518. The van der Waals surface area contributed by atoms with Gasteiger partial charge in [-0.2, -0.15) is 0 Å². The summed E-state index contributed by atoms with van der Waals surface area (Å²) in [5.74, 6) is 0.0303. The summed E-state index contributed by atoms with van der Waals surface area (Å²) in [6, 6.07) is 0.0309. The van der Waals surface area contributed by atoms with E-state index >= 15 is 0 Å². The lowest BCUT2D eigenvalue weighted by Crippen LogP contribution is -2.53. The van der Waals surface area contributed by atoms with Gasteiger partial charge < -0.3 is 20.5 Å². The van der Waals surface area contributed by atoms with Crippen LogP contribution in [0.1, 0.15) is 0 Å². The zero-order valence-corrected chi connectivity index (χ0v) is 6.62. The van der Waals surface area contributed by atoms with Crippen LogP contribution in [0.2, 0.25) is 0 Å². The molecular weight excluding hydrogens is 160 g/mol. The number of rotatable bonds is 1. The van der Waals surface area contributed by atoms with E-state index in [1.165, 1.54) is 0 Å². The van der Waals surface area contributed by atoms with Crippen molar-refractivity contribution in [1.29, 1.82) is 0 Å². The van der Waals surface area contributed by atoms with Crippen molar-refractivity contribution in [2.45, 2.75) is 12.1 Å². The lowest BCUT2D eigenvalue weighted by Gasteiger charge is -2.30. The van der Waals surface area contributed by atoms with E-state index in [9.17, 15) is 4.79 Å². The summed E-state index contributed by atoms with van der Waals surface area (Å²) in [5.41, 5.74) is 0. The van der Waals surface area contributed by atoms with Crippen molar-refractivity contribution in [3.05, 3.63) is 0 Å². The summed E-state index contributed by atoms with van der Waals surface area (Å²) in [7, 11) is 0. The molecule has 68 valence electrons. The SMILES string of the molecule is O=C1N[C@@H]2CNC[C@H](CO)[C@@H]2O1. The molecule has 0 aromatic heterocycles. The summed E-state index contributed by atoms with van der Waals surface area (Å²) >= 11 is 0. The normalized spacial score (nSPS) is 40.1. The molecule has 12 heavy (non-hydrogen) atoms. The predicted molar refractivity (Wildman–Crippen MR) is 40.6 cm³/mol. The molecule has 1 amide bonds. The van der Waals surface area contributed by atoms with Crippen LogP contribution < -0.4 is 10.6 Å². The minimum absolute atomic E-state index is 0.0303. The minimum atomic E-state index is -0.368. The van der Waals surface area contributed by atoms with Crippen molar-refractivity contribution in [3.8, 4) is 0 Å². The number of aliphatic hydroxyl groups is 1. The van der Waals surface area contributed by atoms with Crippen molar-refractivity contribution >= 4 is 6.09 Å². The Morgan fingerprint density at radius 1 is 1.58 bits per heavy atom. The topological polar surface area (TPSA) is 70.6 Å². The van der Waals surface area contributed by atoms with Crippen molar-refractivity contribution in [1.82, 2.24) is 10.6 Å². The maximum atomic E-state index is 10.8. The van der Waals surface area contributed by atoms with Gasteiger partial charge in [0, 0.05) is 19.0 Å². The first-order chi connectivity index (χ1) is 5.81. The molecule has 2 aliphatic heterocycles. The third-order valence-corrected chi connectivity index (χ3v) is 2.41. The first-order valence-electron chi connectivity index (χ1n) is 4.10. The van der Waals surface area contributed by atoms with E-state index in [0.29, 0.717) is 6.54 Å². The van der Waals surface area contributed by atoms with E-state index in [2.05, 4.69) is 10.6 Å². The van der Waals surface area contributed by atoms with Gasteiger partial charge in [-0.25, -0.2) is 4.79 Å². The second-order valence-corrected chi connectivity index (χ2v) is 3.22. The Kier molecular flexibility index (Phi) is 1.90. The van der Waals surface area contributed by atoms with E-state index in [1.54, 1.807) is 0 Å². The van der Waals surface area contributed by atoms with E-state index in [-0.39, 0.29) is 30.8 Å². The number of ether oxygens (including phenoxy) is 1. The summed E-state index contributed by atoms with van der Waals surface area (Å²) < 4.78 is 5.02. The quantitative estimate of drug-likeness (QED) is 0.458. The average molecular weight is 172 g/mol. The minimum Gasteiger partial charge on any atom is -0.444 e. The fourth-order valence-corrected chi connectivity index (χ4v) is 1.77. The Morgan fingerprint density at radius 2 is 2.42 bits per heavy atom. The van der Waals surface area contributed by atoms with Crippen LogP contribution in [0.4, 0.5) is 4.79 Å². The highest BCUT2D eigenvalue weighted by molar-refractivity contribution is 5.70. The van der Waals surface area contributed by atoms with E-state index < -0.39 is 0 Å². The molecule has 0 aromatic rings. The summed E-state index contributed by atoms with van der Waals surface area (Å²) in [6.45, 7) is 1.50. The van der Waals surface area contributed by atoms with Gasteiger partial charge in [-0.05, 0) is 0 Å². The highest BCUT2D eigenvalue weighted by Gasteiger charge is 2.41. The summed E-state index contributed by atoms with van der Waals surface area (Å²) in [5, 5.41) is 14.8. The monoisotopic (exact) mass is 172 g/mol. The van der Waals surface area contributed by atoms with Crippen LogP contribution in [-0.4, -0.2) is 43.0 Å². The molecule has 5 heteroatoms. The van der Waals surface area contributed by atoms with Crippen LogP contribution in [0.3, 0.4) is 0 Å². The molecule has 2 fully saturated rings. The van der Waals surface area contributed by atoms with Crippen molar-refractivity contribution in [3.63, 3.8) is 0 Å². The van der Waals surface area contributed by atoms with Crippen LogP contribution in [-0.2, 0) is 4.74 Å². The molecular formula is C7H12N2O3. The van der Waals surface area contributed by atoms with Crippen molar-refractivity contribution < 1.29 is 14.6 Å². The maximum absolute atomic E-state index is 10.8. The molecule has 2 saturated heterocycles. The number of hydrogen-bond donors (Lipinski definition) is 3. The number of carbonyl (C=O) groups is 1. The van der Waals surface area contributed by atoms with Gasteiger partial charge in [-0.15, -0.1) is 0 Å². The van der Waals surface area contributed by atoms with Gasteiger partial charge in [0.15, 0.2) is 0 Å². The number of carbonyl (C=O) groups excluding carboxylic acids is 1. The molecule has 5 nitrogen and oxygen atoms in total. The number of alkyl carbamates (subject to hydrolysis) is 1. The van der Waals surface area contributed by atoms with E-state index in [4.69, 9.17) is 9.84 Å². The van der Waals surface area contributed by atoms with Crippen LogP contribution in [0.15, 0.2) is 0 Å². The Hall–Kier alpha value is -0.810. The number of aliphatic hydroxyl groups excluding tert-OH is 1. The molecule has 0 saturated carbocycles. The van der Waals surface area contributed by atoms with Gasteiger partial charge in [0.1, 0.15) is 6.10 Å². The molecule has 0 aliphatic carbocycles. The first-order valence-corrected chi connectivity index (χ1v) is 4.10. The second-order valence-electron chi connectivity index (χ2n) is 3.22. The fourth-order valence-electron chi connectivity index (χ4n) is 1.77. The predicted octanol–water partition coefficient (Wildman–Crippen LogP) is -1.32. The van der Waals surface area contributed by atoms with Gasteiger partial charge in [0.05, 0.1) is 12.6 Å². The number of piperidine rings is 1. The van der Waals surface area contributed by atoms with Crippen LogP contribution >= 0.6 is 0 Å². The van der Waals surface area contributed by atoms with Crippen LogP contribution in [0.25, 0.3) is 0 Å². The number of fused-ring (bicyclic) bond motifs is 1. The Balaban J connectivity index is 2.07. The average Bonchev–Trinajstić information content (AvgIpc) is 2.44. The molecule has 0 bridgehead atoms. The third kappa shape index (κ3) is 1.15. The number of amides is 1. The number of hydrogen-bond acceptors (Lipinski definition) is 4. The Morgan fingerprint density at radius 3 is 3.17 bits per heavy atom. The molecule has 3 atom stereocenters. The molecule has 2 rings (SSSR count). The van der Waals surface area contributed by atoms with Gasteiger partial charge in [0.2, 0.25) is 0 Å². The maximum Gasteiger partial charge on any atom is 0.407 e. The number of nitrogens with one attached hydrogen (secondary N) is 2.